The lowest BCUT2D eigenvalue weighted by Gasteiger charge is -2.36. The molecular weight excluding hydrogens is 396 g/mol. The molecule has 6 heteroatoms. The largest absolute Gasteiger partial charge is 0.389 e. The molecule has 1 aliphatic rings. The average Bonchev–Trinajstić information content (AvgIpc) is 3.10. The zero-order valence-corrected chi connectivity index (χ0v) is 17.3. The second kappa shape index (κ2) is 7.54. The van der Waals surface area contributed by atoms with Gasteiger partial charge in [-0.1, -0.05) is 54.6 Å². The second-order valence-corrected chi connectivity index (χ2v) is 9.65. The smallest absolute Gasteiger partial charge is 0.240 e. The molecule has 3 aromatic carbocycles. The van der Waals surface area contributed by atoms with Crippen molar-refractivity contribution in [3.8, 4) is 0 Å². The Morgan fingerprint density at radius 2 is 1.37 bits per heavy atom. The van der Waals surface area contributed by atoms with Gasteiger partial charge in [0.1, 0.15) is 0 Å². The lowest BCUT2D eigenvalue weighted by atomic mass is 9.88. The van der Waals surface area contributed by atoms with Crippen molar-refractivity contribution in [3.05, 3.63) is 78.9 Å². The minimum absolute atomic E-state index is 0.202. The number of sulfonamides is 1. The minimum Gasteiger partial charge on any atom is -0.389 e. The maximum absolute atomic E-state index is 12.8. The van der Waals surface area contributed by atoms with Gasteiger partial charge in [-0.25, -0.2) is 13.1 Å². The number of aliphatic hydroxyl groups is 1. The molecule has 1 saturated carbocycles. The Labute approximate surface area is 176 Å². The first-order valence-corrected chi connectivity index (χ1v) is 11.8. The highest BCUT2D eigenvalue weighted by molar-refractivity contribution is 7.89. The van der Waals surface area contributed by atoms with Crippen LogP contribution in [-0.4, -0.2) is 30.2 Å². The molecule has 0 amide bonds. The first kappa shape index (κ1) is 19.3. The third kappa shape index (κ3) is 3.21. The molecule has 1 heterocycles. The molecule has 0 bridgehead atoms. The number of benzene rings is 3. The van der Waals surface area contributed by atoms with E-state index in [1.807, 2.05) is 24.3 Å². The highest BCUT2D eigenvalue weighted by atomic mass is 32.2. The highest BCUT2D eigenvalue weighted by Gasteiger charge is 2.36. The van der Waals surface area contributed by atoms with E-state index in [0.29, 0.717) is 6.42 Å². The van der Waals surface area contributed by atoms with Crippen molar-refractivity contribution in [2.45, 2.75) is 42.3 Å². The molecule has 0 saturated heterocycles. The van der Waals surface area contributed by atoms with Crippen molar-refractivity contribution in [3.63, 3.8) is 0 Å². The summed E-state index contributed by atoms with van der Waals surface area (Å²) in [4.78, 5) is 0.219. The summed E-state index contributed by atoms with van der Waals surface area (Å²) >= 11 is 0. The molecule has 30 heavy (non-hydrogen) atoms. The van der Waals surface area contributed by atoms with Crippen LogP contribution in [0.25, 0.3) is 21.8 Å². The molecule has 5 rings (SSSR count). The van der Waals surface area contributed by atoms with Crippen LogP contribution in [0, 0.1) is 0 Å². The van der Waals surface area contributed by atoms with E-state index in [-0.39, 0.29) is 10.9 Å². The molecule has 1 aliphatic carbocycles. The van der Waals surface area contributed by atoms with Gasteiger partial charge in [-0.2, -0.15) is 0 Å². The molecular formula is C24H24N2O3S. The normalized spacial score (nSPS) is 22.5. The number of aromatic nitrogens is 1. The Morgan fingerprint density at radius 3 is 2.00 bits per heavy atom. The fourth-order valence-corrected chi connectivity index (χ4v) is 6.05. The van der Waals surface area contributed by atoms with E-state index in [0.717, 1.165) is 34.6 Å². The second-order valence-electron chi connectivity index (χ2n) is 7.93. The zero-order valence-electron chi connectivity index (χ0n) is 16.5. The zero-order chi connectivity index (χ0) is 20.7. The van der Waals surface area contributed by atoms with Gasteiger partial charge in [0.15, 0.2) is 0 Å². The molecule has 0 aliphatic heterocycles. The van der Waals surface area contributed by atoms with Crippen LogP contribution < -0.4 is 4.72 Å². The topological polar surface area (TPSA) is 71.3 Å². The summed E-state index contributed by atoms with van der Waals surface area (Å²) in [6.45, 7) is 0. The standard InChI is InChI=1S/C24H24N2O3S/c27-24-20(25-30(28,29)17-9-2-1-3-10-17)13-8-16-23(24)26-21-14-6-4-11-18(21)19-12-5-7-15-22(19)26/h1-7,9-12,14-15,20,23-25,27H,8,13,16H2/t20?,23?,24-/m0/s1. The summed E-state index contributed by atoms with van der Waals surface area (Å²) in [6.07, 6.45) is 1.43. The Hall–Kier alpha value is -2.67. The molecule has 1 aromatic heterocycles. The Bertz CT molecular complexity index is 1240. The molecule has 1 fully saturated rings. The van der Waals surface area contributed by atoms with Crippen LogP contribution >= 0.6 is 0 Å². The number of nitrogens with one attached hydrogen (secondary N) is 1. The Balaban J connectivity index is 1.53. The quantitative estimate of drug-likeness (QED) is 0.519. The number of nitrogens with zero attached hydrogens (tertiary/aromatic N) is 1. The van der Waals surface area contributed by atoms with Gasteiger partial charge in [0.25, 0.3) is 0 Å². The van der Waals surface area contributed by atoms with Crippen molar-refractivity contribution in [1.82, 2.24) is 9.29 Å². The summed E-state index contributed by atoms with van der Waals surface area (Å²) in [5, 5.41) is 13.6. The van der Waals surface area contributed by atoms with E-state index in [9.17, 15) is 13.5 Å². The van der Waals surface area contributed by atoms with Gasteiger partial charge in [-0.15, -0.1) is 0 Å². The van der Waals surface area contributed by atoms with Crippen LogP contribution in [-0.2, 0) is 10.0 Å². The van der Waals surface area contributed by atoms with Crippen LogP contribution in [0.4, 0.5) is 0 Å². The monoisotopic (exact) mass is 420 g/mol. The summed E-state index contributed by atoms with van der Waals surface area (Å²) in [5.74, 6) is 0. The number of hydrogen-bond donors (Lipinski definition) is 2. The van der Waals surface area contributed by atoms with Gasteiger partial charge in [0, 0.05) is 21.8 Å². The lowest BCUT2D eigenvalue weighted by molar-refractivity contribution is 0.0547. The fourth-order valence-electron chi connectivity index (χ4n) is 4.74. The Kier molecular flexibility index (Phi) is 4.85. The van der Waals surface area contributed by atoms with Gasteiger partial charge in [-0.05, 0) is 43.5 Å². The van der Waals surface area contributed by atoms with Gasteiger partial charge in [0.05, 0.1) is 23.1 Å². The van der Waals surface area contributed by atoms with Crippen molar-refractivity contribution in [1.29, 1.82) is 0 Å². The van der Waals surface area contributed by atoms with E-state index in [1.54, 1.807) is 30.3 Å². The van der Waals surface area contributed by atoms with Crippen molar-refractivity contribution in [2.24, 2.45) is 0 Å². The number of para-hydroxylation sites is 2. The van der Waals surface area contributed by atoms with E-state index in [2.05, 4.69) is 33.6 Å². The van der Waals surface area contributed by atoms with Crippen molar-refractivity contribution < 1.29 is 13.5 Å². The summed E-state index contributed by atoms with van der Waals surface area (Å²) in [6, 6.07) is 24.0. The predicted molar refractivity (Wildman–Crippen MR) is 119 cm³/mol. The maximum atomic E-state index is 12.8. The predicted octanol–water partition coefficient (Wildman–Crippen LogP) is 4.23. The number of aliphatic hydroxyl groups excluding tert-OH is 1. The number of hydrogen-bond acceptors (Lipinski definition) is 3. The third-order valence-corrected chi connectivity index (χ3v) is 7.64. The van der Waals surface area contributed by atoms with Crippen LogP contribution in [0.3, 0.4) is 0 Å². The van der Waals surface area contributed by atoms with E-state index in [1.165, 1.54) is 0 Å². The molecule has 3 atom stereocenters. The third-order valence-electron chi connectivity index (χ3n) is 6.13. The van der Waals surface area contributed by atoms with Gasteiger partial charge in [0.2, 0.25) is 10.0 Å². The summed E-state index contributed by atoms with van der Waals surface area (Å²) in [7, 11) is -3.69. The van der Waals surface area contributed by atoms with Crippen LogP contribution in [0.1, 0.15) is 25.3 Å². The highest BCUT2D eigenvalue weighted by Crippen LogP contribution is 2.38. The summed E-state index contributed by atoms with van der Waals surface area (Å²) < 4.78 is 30.6. The number of rotatable bonds is 4. The first-order chi connectivity index (χ1) is 14.6. The minimum atomic E-state index is -3.69. The molecule has 2 N–H and O–H groups in total. The van der Waals surface area contributed by atoms with E-state index in [4.69, 9.17) is 0 Å². The average molecular weight is 421 g/mol. The van der Waals surface area contributed by atoms with Crippen molar-refractivity contribution in [2.75, 3.05) is 0 Å². The van der Waals surface area contributed by atoms with Gasteiger partial charge in [-0.3, -0.25) is 0 Å². The molecule has 0 radical (unpaired) electrons. The van der Waals surface area contributed by atoms with Gasteiger partial charge >= 0.3 is 0 Å². The molecule has 4 aromatic rings. The number of fused-ring (bicyclic) bond motifs is 3. The SMILES string of the molecule is O=S(=O)(NC1CCCC(n2c3ccccc3c3ccccc32)[C@H]1O)c1ccccc1. The van der Waals surface area contributed by atoms with Crippen LogP contribution in [0.5, 0.6) is 0 Å². The van der Waals surface area contributed by atoms with E-state index >= 15 is 0 Å². The fraction of sp³-hybridized carbons (Fsp3) is 0.250. The Morgan fingerprint density at radius 1 is 0.800 bits per heavy atom. The first-order valence-electron chi connectivity index (χ1n) is 10.3. The van der Waals surface area contributed by atoms with Crippen LogP contribution in [0.15, 0.2) is 83.8 Å². The van der Waals surface area contributed by atoms with Crippen molar-refractivity contribution >= 4 is 31.8 Å². The summed E-state index contributed by atoms with van der Waals surface area (Å²) in [5.41, 5.74) is 2.13. The maximum Gasteiger partial charge on any atom is 0.240 e. The molecule has 154 valence electrons. The molecule has 5 nitrogen and oxygen atoms in total. The van der Waals surface area contributed by atoms with E-state index < -0.39 is 22.2 Å². The molecule has 2 unspecified atom stereocenters. The van der Waals surface area contributed by atoms with Crippen LogP contribution in [0.2, 0.25) is 0 Å². The molecule has 0 spiro atoms. The lowest BCUT2D eigenvalue weighted by Crippen LogP contribution is -2.49. The van der Waals surface area contributed by atoms with Gasteiger partial charge < -0.3 is 9.67 Å².